The number of piperidine rings is 1. The molecule has 1 aliphatic heterocycles. The van der Waals surface area contributed by atoms with Gasteiger partial charge in [0.15, 0.2) is 0 Å². The van der Waals surface area contributed by atoms with Crippen LogP contribution >= 0.6 is 11.6 Å². The van der Waals surface area contributed by atoms with Gasteiger partial charge in [-0.2, -0.15) is 0 Å². The molecule has 2 heterocycles. The van der Waals surface area contributed by atoms with Gasteiger partial charge in [0.25, 0.3) is 0 Å². The zero-order chi connectivity index (χ0) is 19.3. The molecule has 0 amide bonds. The molecular weight excluding hydrogens is 370 g/mol. The smallest absolute Gasteiger partial charge is 0.148 e. The number of para-hydroxylation sites is 1. The van der Waals surface area contributed by atoms with E-state index in [-0.39, 0.29) is 0 Å². The van der Waals surface area contributed by atoms with Crippen molar-refractivity contribution in [1.82, 2.24) is 14.5 Å². The number of hydrogen-bond acceptors (Lipinski definition) is 3. The van der Waals surface area contributed by atoms with Gasteiger partial charge in [-0.25, -0.2) is 4.98 Å². The second kappa shape index (κ2) is 8.97. The molecule has 28 heavy (non-hydrogen) atoms. The fourth-order valence-electron chi connectivity index (χ4n) is 4.01. The van der Waals surface area contributed by atoms with Crippen LogP contribution in [0.5, 0.6) is 5.75 Å². The van der Waals surface area contributed by atoms with E-state index in [1.807, 2.05) is 24.3 Å². The summed E-state index contributed by atoms with van der Waals surface area (Å²) in [7, 11) is 0. The van der Waals surface area contributed by atoms with Crippen LogP contribution in [0.3, 0.4) is 0 Å². The Balaban J connectivity index is 1.50. The Morgan fingerprint density at radius 1 is 1.00 bits per heavy atom. The molecule has 3 aromatic rings. The first kappa shape index (κ1) is 19.3. The van der Waals surface area contributed by atoms with Crippen molar-refractivity contribution in [3.05, 3.63) is 58.9 Å². The number of benzene rings is 2. The van der Waals surface area contributed by atoms with E-state index in [1.54, 1.807) is 0 Å². The summed E-state index contributed by atoms with van der Waals surface area (Å²) < 4.78 is 8.34. The lowest BCUT2D eigenvalue weighted by molar-refractivity contribution is 0.222. The van der Waals surface area contributed by atoms with Crippen molar-refractivity contribution in [1.29, 1.82) is 0 Å². The van der Waals surface area contributed by atoms with Crippen molar-refractivity contribution in [2.45, 2.75) is 45.8 Å². The monoisotopic (exact) mass is 397 g/mol. The second-order valence-corrected chi connectivity index (χ2v) is 8.06. The molecule has 5 heteroatoms. The molecule has 0 atom stereocenters. The third-order valence-corrected chi connectivity index (χ3v) is 5.80. The van der Waals surface area contributed by atoms with Gasteiger partial charge in [0.05, 0.1) is 11.0 Å². The van der Waals surface area contributed by atoms with E-state index in [9.17, 15) is 0 Å². The molecule has 0 N–H and O–H groups in total. The van der Waals surface area contributed by atoms with Crippen molar-refractivity contribution in [2.75, 3.05) is 19.6 Å². The van der Waals surface area contributed by atoms with Crippen molar-refractivity contribution >= 4 is 22.6 Å². The Morgan fingerprint density at radius 3 is 2.57 bits per heavy atom. The number of likely N-dealkylation sites (tertiary alicyclic amines) is 1. The van der Waals surface area contributed by atoms with Crippen LogP contribution < -0.4 is 4.74 Å². The number of nitrogens with zero attached hydrogens (tertiary/aromatic N) is 3. The van der Waals surface area contributed by atoms with Crippen LogP contribution in [-0.4, -0.2) is 34.1 Å². The zero-order valence-electron chi connectivity index (χ0n) is 16.5. The molecule has 0 aliphatic carbocycles. The van der Waals surface area contributed by atoms with Gasteiger partial charge in [-0.1, -0.05) is 30.2 Å². The number of hydrogen-bond donors (Lipinski definition) is 0. The SMILES string of the molecule is Cc1cccc2c1nc(COc1ccc(Cl)cc1)n2CCCN1CCCCC1. The molecule has 4 nitrogen and oxygen atoms in total. The Morgan fingerprint density at radius 2 is 1.79 bits per heavy atom. The molecule has 1 aliphatic rings. The minimum atomic E-state index is 0.458. The van der Waals surface area contributed by atoms with Crippen LogP contribution in [0.15, 0.2) is 42.5 Å². The van der Waals surface area contributed by atoms with Gasteiger partial charge in [-0.05, 0) is 81.7 Å². The third kappa shape index (κ3) is 4.50. The van der Waals surface area contributed by atoms with E-state index in [0.717, 1.165) is 36.6 Å². The number of aryl methyl sites for hydroxylation is 2. The van der Waals surface area contributed by atoms with E-state index in [1.165, 1.54) is 43.4 Å². The van der Waals surface area contributed by atoms with Gasteiger partial charge in [0.1, 0.15) is 18.2 Å². The van der Waals surface area contributed by atoms with Gasteiger partial charge < -0.3 is 14.2 Å². The molecule has 0 unspecified atom stereocenters. The zero-order valence-corrected chi connectivity index (χ0v) is 17.3. The summed E-state index contributed by atoms with van der Waals surface area (Å²) in [6, 6.07) is 13.9. The van der Waals surface area contributed by atoms with Crippen molar-refractivity contribution in [3.8, 4) is 5.75 Å². The standard InChI is InChI=1S/C23H28ClN3O/c1-18-7-5-8-21-23(18)25-22(17-28-20-11-9-19(24)10-12-20)27(21)16-6-15-26-13-3-2-4-14-26/h5,7-12H,2-4,6,13-17H2,1H3. The Labute approximate surface area is 172 Å². The summed E-state index contributed by atoms with van der Waals surface area (Å²) in [6.45, 7) is 7.20. The van der Waals surface area contributed by atoms with Crippen LogP contribution in [0.2, 0.25) is 5.02 Å². The summed E-state index contributed by atoms with van der Waals surface area (Å²) in [6.07, 6.45) is 5.20. The number of ether oxygens (including phenoxy) is 1. The van der Waals surface area contributed by atoms with Crippen LogP contribution in [0.25, 0.3) is 11.0 Å². The predicted molar refractivity (Wildman–Crippen MR) is 115 cm³/mol. The molecular formula is C23H28ClN3O. The van der Waals surface area contributed by atoms with Gasteiger partial charge in [-0.3, -0.25) is 0 Å². The van der Waals surface area contributed by atoms with Gasteiger partial charge >= 0.3 is 0 Å². The number of aromatic nitrogens is 2. The van der Waals surface area contributed by atoms with Crippen LogP contribution in [0, 0.1) is 6.92 Å². The van der Waals surface area contributed by atoms with Crippen molar-refractivity contribution in [3.63, 3.8) is 0 Å². The average molecular weight is 398 g/mol. The Hall–Kier alpha value is -2.04. The summed E-state index contributed by atoms with van der Waals surface area (Å²) >= 11 is 5.97. The van der Waals surface area contributed by atoms with E-state index in [4.69, 9.17) is 21.3 Å². The normalized spacial score (nSPS) is 15.2. The highest BCUT2D eigenvalue weighted by molar-refractivity contribution is 6.30. The quantitative estimate of drug-likeness (QED) is 0.530. The number of halogens is 1. The lowest BCUT2D eigenvalue weighted by Crippen LogP contribution is -2.31. The predicted octanol–water partition coefficient (Wildman–Crippen LogP) is 5.45. The van der Waals surface area contributed by atoms with E-state index in [2.05, 4.69) is 34.6 Å². The highest BCUT2D eigenvalue weighted by Gasteiger charge is 2.14. The molecule has 1 saturated heterocycles. The molecule has 0 spiro atoms. The summed E-state index contributed by atoms with van der Waals surface area (Å²) in [4.78, 5) is 7.50. The van der Waals surface area contributed by atoms with E-state index < -0.39 is 0 Å². The molecule has 1 aromatic heterocycles. The van der Waals surface area contributed by atoms with Gasteiger partial charge in [-0.15, -0.1) is 0 Å². The maximum Gasteiger partial charge on any atom is 0.148 e. The van der Waals surface area contributed by atoms with E-state index >= 15 is 0 Å². The lowest BCUT2D eigenvalue weighted by atomic mass is 10.1. The third-order valence-electron chi connectivity index (χ3n) is 5.55. The maximum absolute atomic E-state index is 6.00. The summed E-state index contributed by atoms with van der Waals surface area (Å²) in [5, 5.41) is 0.716. The maximum atomic E-state index is 6.00. The van der Waals surface area contributed by atoms with Gasteiger partial charge in [0, 0.05) is 11.6 Å². The minimum absolute atomic E-state index is 0.458. The van der Waals surface area contributed by atoms with Crippen LogP contribution in [0.1, 0.15) is 37.1 Å². The lowest BCUT2D eigenvalue weighted by Gasteiger charge is -2.26. The molecule has 148 valence electrons. The number of imidazole rings is 1. The summed E-state index contributed by atoms with van der Waals surface area (Å²) in [5.74, 6) is 1.80. The topological polar surface area (TPSA) is 30.3 Å². The number of fused-ring (bicyclic) bond motifs is 1. The first-order chi connectivity index (χ1) is 13.7. The second-order valence-electron chi connectivity index (χ2n) is 7.62. The van der Waals surface area contributed by atoms with Gasteiger partial charge in [0.2, 0.25) is 0 Å². The van der Waals surface area contributed by atoms with Crippen LogP contribution in [0.4, 0.5) is 0 Å². The number of rotatable bonds is 7. The summed E-state index contributed by atoms with van der Waals surface area (Å²) in [5.41, 5.74) is 3.49. The minimum Gasteiger partial charge on any atom is -0.486 e. The largest absolute Gasteiger partial charge is 0.486 e. The van der Waals surface area contributed by atoms with E-state index in [0.29, 0.717) is 11.6 Å². The Kier molecular flexibility index (Phi) is 6.18. The fraction of sp³-hybridized carbons (Fsp3) is 0.435. The molecule has 0 saturated carbocycles. The van der Waals surface area contributed by atoms with Crippen LogP contribution in [-0.2, 0) is 13.2 Å². The fourth-order valence-corrected chi connectivity index (χ4v) is 4.14. The molecule has 1 fully saturated rings. The van der Waals surface area contributed by atoms with Crippen molar-refractivity contribution in [2.24, 2.45) is 0 Å². The molecule has 0 bridgehead atoms. The molecule has 2 aromatic carbocycles. The first-order valence-corrected chi connectivity index (χ1v) is 10.6. The Bertz CT molecular complexity index is 913. The molecule has 4 rings (SSSR count). The highest BCUT2D eigenvalue weighted by Crippen LogP contribution is 2.22. The first-order valence-electron chi connectivity index (χ1n) is 10.3. The highest BCUT2D eigenvalue weighted by atomic mass is 35.5. The van der Waals surface area contributed by atoms with Crippen molar-refractivity contribution < 1.29 is 4.74 Å². The average Bonchev–Trinajstić information content (AvgIpc) is 3.08. The molecule has 0 radical (unpaired) electrons.